The Morgan fingerprint density at radius 1 is 1.19 bits per heavy atom. The van der Waals surface area contributed by atoms with E-state index in [2.05, 4.69) is 32.0 Å². The fraction of sp³-hybridized carbons (Fsp3) is 0.600. The molecule has 1 aromatic rings. The first-order chi connectivity index (χ1) is 7.66. The van der Waals surface area contributed by atoms with Gasteiger partial charge in [-0.25, -0.2) is 0 Å². The average molecular weight is 237 g/mol. The first kappa shape index (κ1) is 12.0. The Hall–Kier alpha value is -0.490. The molecule has 1 aliphatic carbocycles. The summed E-state index contributed by atoms with van der Waals surface area (Å²) in [6.45, 7) is 4.34. The van der Waals surface area contributed by atoms with Gasteiger partial charge < -0.3 is 0 Å². The minimum absolute atomic E-state index is 0.338. The van der Waals surface area contributed by atoms with E-state index in [9.17, 15) is 0 Å². The normalized spacial score (nSPS) is 18.9. The van der Waals surface area contributed by atoms with Gasteiger partial charge in [-0.1, -0.05) is 31.0 Å². The van der Waals surface area contributed by atoms with Gasteiger partial charge in [-0.15, -0.1) is 11.6 Å². The van der Waals surface area contributed by atoms with Crippen LogP contribution in [0.25, 0.3) is 0 Å². The van der Waals surface area contributed by atoms with Gasteiger partial charge in [0.15, 0.2) is 0 Å². The van der Waals surface area contributed by atoms with Crippen LogP contribution >= 0.6 is 11.6 Å². The van der Waals surface area contributed by atoms with Crippen LogP contribution in [-0.4, -0.2) is 5.38 Å². The molecule has 2 rings (SSSR count). The highest BCUT2D eigenvalue weighted by molar-refractivity contribution is 6.20. The molecule has 0 heterocycles. The average Bonchev–Trinajstić information content (AvgIpc) is 2.77. The van der Waals surface area contributed by atoms with Crippen LogP contribution < -0.4 is 0 Å². The quantitative estimate of drug-likeness (QED) is 0.671. The lowest BCUT2D eigenvalue weighted by molar-refractivity contribution is 0.512. The molecule has 16 heavy (non-hydrogen) atoms. The molecule has 0 saturated heterocycles. The van der Waals surface area contributed by atoms with E-state index in [0.29, 0.717) is 5.38 Å². The lowest BCUT2D eigenvalue weighted by atomic mass is 9.96. The van der Waals surface area contributed by atoms with Crippen LogP contribution in [0, 0.1) is 19.8 Å². The number of hydrogen-bond acceptors (Lipinski definition) is 0. The molecule has 1 fully saturated rings. The fourth-order valence-electron chi connectivity index (χ4n) is 2.64. The van der Waals surface area contributed by atoms with Crippen molar-refractivity contribution in [3.8, 4) is 0 Å². The topological polar surface area (TPSA) is 0 Å². The molecule has 1 unspecified atom stereocenters. The highest BCUT2D eigenvalue weighted by atomic mass is 35.5. The molecule has 0 amide bonds. The smallest absolute Gasteiger partial charge is 0.0404 e. The van der Waals surface area contributed by atoms with Gasteiger partial charge in [-0.2, -0.15) is 0 Å². The van der Waals surface area contributed by atoms with Gasteiger partial charge in [0, 0.05) is 5.38 Å². The van der Waals surface area contributed by atoms with E-state index in [0.717, 1.165) is 12.3 Å². The summed E-state index contributed by atoms with van der Waals surface area (Å²) in [6.07, 6.45) is 6.45. The maximum absolute atomic E-state index is 6.51. The molecule has 0 N–H and O–H groups in total. The number of rotatable bonds is 3. The number of halogens is 1. The zero-order valence-corrected chi connectivity index (χ0v) is 11.1. The Bertz CT molecular complexity index is 350. The third-order valence-corrected chi connectivity index (χ3v) is 4.42. The van der Waals surface area contributed by atoms with Crippen LogP contribution in [0.4, 0.5) is 0 Å². The highest BCUT2D eigenvalue weighted by Crippen LogP contribution is 2.32. The summed E-state index contributed by atoms with van der Waals surface area (Å²) in [5.74, 6) is 0.753. The summed E-state index contributed by atoms with van der Waals surface area (Å²) in [6, 6.07) is 6.73. The molecule has 1 atom stereocenters. The molecule has 88 valence electrons. The van der Waals surface area contributed by atoms with E-state index in [1.54, 1.807) is 0 Å². The van der Waals surface area contributed by atoms with Crippen molar-refractivity contribution in [2.24, 2.45) is 5.92 Å². The van der Waals surface area contributed by atoms with Crippen molar-refractivity contribution in [2.75, 3.05) is 0 Å². The van der Waals surface area contributed by atoms with Crippen molar-refractivity contribution in [2.45, 2.75) is 51.3 Å². The first-order valence-electron chi connectivity index (χ1n) is 6.37. The van der Waals surface area contributed by atoms with Crippen molar-refractivity contribution in [1.82, 2.24) is 0 Å². The van der Waals surface area contributed by atoms with Crippen LogP contribution in [-0.2, 0) is 6.42 Å². The van der Waals surface area contributed by atoms with Crippen LogP contribution in [0.5, 0.6) is 0 Å². The van der Waals surface area contributed by atoms with Gasteiger partial charge in [0.2, 0.25) is 0 Å². The number of alkyl halides is 1. The Kier molecular flexibility index (Phi) is 3.91. The first-order valence-corrected chi connectivity index (χ1v) is 6.80. The SMILES string of the molecule is Cc1ccc(CC(Cl)C2CCCC2)cc1C. The highest BCUT2D eigenvalue weighted by Gasteiger charge is 2.23. The predicted octanol–water partition coefficient (Wildman–Crippen LogP) is 4.64. The number of aryl methyl sites for hydroxylation is 2. The monoisotopic (exact) mass is 236 g/mol. The number of hydrogen-bond donors (Lipinski definition) is 0. The molecule has 0 spiro atoms. The molecule has 1 heteroatoms. The third kappa shape index (κ3) is 2.79. The summed E-state index contributed by atoms with van der Waals surface area (Å²) < 4.78 is 0. The van der Waals surface area contributed by atoms with Crippen molar-refractivity contribution in [3.05, 3.63) is 34.9 Å². The standard InChI is InChI=1S/C15H21Cl/c1-11-7-8-13(9-12(11)2)10-15(16)14-5-3-4-6-14/h7-9,14-15H,3-6,10H2,1-2H3. The van der Waals surface area contributed by atoms with Gasteiger partial charge >= 0.3 is 0 Å². The molecule has 0 aliphatic heterocycles. The van der Waals surface area contributed by atoms with Gasteiger partial charge in [0.05, 0.1) is 0 Å². The van der Waals surface area contributed by atoms with Crippen LogP contribution in [0.15, 0.2) is 18.2 Å². The van der Waals surface area contributed by atoms with Gasteiger partial charge in [-0.3, -0.25) is 0 Å². The largest absolute Gasteiger partial charge is 0.122 e. The maximum Gasteiger partial charge on any atom is 0.0404 e. The van der Waals surface area contributed by atoms with E-state index < -0.39 is 0 Å². The molecule has 0 aromatic heterocycles. The minimum Gasteiger partial charge on any atom is -0.122 e. The van der Waals surface area contributed by atoms with Crippen LogP contribution in [0.2, 0.25) is 0 Å². The summed E-state index contributed by atoms with van der Waals surface area (Å²) in [7, 11) is 0. The van der Waals surface area contributed by atoms with Gasteiger partial charge in [0.1, 0.15) is 0 Å². The lowest BCUT2D eigenvalue weighted by Crippen LogP contribution is -2.14. The lowest BCUT2D eigenvalue weighted by Gasteiger charge is -2.17. The van der Waals surface area contributed by atoms with E-state index >= 15 is 0 Å². The van der Waals surface area contributed by atoms with Crippen molar-refractivity contribution in [3.63, 3.8) is 0 Å². The summed E-state index contributed by atoms with van der Waals surface area (Å²) in [4.78, 5) is 0. The molecule has 0 bridgehead atoms. The zero-order valence-electron chi connectivity index (χ0n) is 10.3. The predicted molar refractivity (Wildman–Crippen MR) is 71.2 cm³/mol. The van der Waals surface area contributed by atoms with E-state index in [1.807, 2.05) is 0 Å². The van der Waals surface area contributed by atoms with Crippen molar-refractivity contribution >= 4 is 11.6 Å². The second-order valence-electron chi connectivity index (χ2n) is 5.18. The van der Waals surface area contributed by atoms with E-state index in [4.69, 9.17) is 11.6 Å². The summed E-state index contributed by atoms with van der Waals surface area (Å²) >= 11 is 6.51. The van der Waals surface area contributed by atoms with Gasteiger partial charge in [0.25, 0.3) is 0 Å². The van der Waals surface area contributed by atoms with E-state index in [-0.39, 0.29) is 0 Å². The zero-order chi connectivity index (χ0) is 11.5. The van der Waals surface area contributed by atoms with Crippen molar-refractivity contribution in [1.29, 1.82) is 0 Å². The third-order valence-electron chi connectivity index (χ3n) is 3.91. The number of benzene rings is 1. The summed E-state index contributed by atoms with van der Waals surface area (Å²) in [5.41, 5.74) is 4.15. The maximum atomic E-state index is 6.51. The Morgan fingerprint density at radius 3 is 2.50 bits per heavy atom. The van der Waals surface area contributed by atoms with Crippen LogP contribution in [0.1, 0.15) is 42.4 Å². The molecule has 1 saturated carbocycles. The molecule has 1 aliphatic rings. The Morgan fingerprint density at radius 2 is 1.88 bits per heavy atom. The second kappa shape index (κ2) is 5.23. The minimum atomic E-state index is 0.338. The second-order valence-corrected chi connectivity index (χ2v) is 5.74. The fourth-order valence-corrected chi connectivity index (χ4v) is 3.07. The molecular formula is C15H21Cl. The molecule has 0 radical (unpaired) electrons. The Balaban J connectivity index is 1.99. The Labute approximate surface area is 104 Å². The molecule has 0 nitrogen and oxygen atoms in total. The van der Waals surface area contributed by atoms with Crippen LogP contribution in [0.3, 0.4) is 0 Å². The van der Waals surface area contributed by atoms with E-state index in [1.165, 1.54) is 42.4 Å². The molecule has 1 aromatic carbocycles. The summed E-state index contributed by atoms with van der Waals surface area (Å²) in [5, 5.41) is 0.338. The van der Waals surface area contributed by atoms with Gasteiger partial charge in [-0.05, 0) is 55.7 Å². The van der Waals surface area contributed by atoms with Crippen molar-refractivity contribution < 1.29 is 0 Å². The molecular weight excluding hydrogens is 216 g/mol.